The summed E-state index contributed by atoms with van der Waals surface area (Å²) in [5.74, 6) is 2.14. The third-order valence-electron chi connectivity index (χ3n) is 3.55. The molecule has 2 aromatic heterocycles. The van der Waals surface area contributed by atoms with Gasteiger partial charge in [0.05, 0.1) is 6.20 Å². The van der Waals surface area contributed by atoms with Crippen molar-refractivity contribution in [1.29, 1.82) is 0 Å². The van der Waals surface area contributed by atoms with Crippen molar-refractivity contribution < 1.29 is 0 Å². The van der Waals surface area contributed by atoms with Gasteiger partial charge in [0.25, 0.3) is 0 Å². The lowest BCUT2D eigenvalue weighted by atomic mass is 10.1. The standard InChI is InChI=1S/C14H12N4/c1-2-4-9(5-3-1)10-6-11(10)13-17-12-7-15-8-16-14(12)18-13/h1-5,7-8,10-11H,6H2,(H,15,16,17,18). The first-order valence-electron chi connectivity index (χ1n) is 6.12. The Balaban J connectivity index is 1.66. The maximum atomic E-state index is 4.54. The number of H-pyrrole nitrogens is 1. The Morgan fingerprint density at radius 1 is 1.11 bits per heavy atom. The van der Waals surface area contributed by atoms with Crippen molar-refractivity contribution in [3.05, 3.63) is 54.2 Å². The van der Waals surface area contributed by atoms with Gasteiger partial charge in [0.2, 0.25) is 0 Å². The molecule has 2 unspecified atom stereocenters. The quantitative estimate of drug-likeness (QED) is 0.744. The second-order valence-corrected chi connectivity index (χ2v) is 4.74. The minimum absolute atomic E-state index is 0.501. The molecule has 2 heterocycles. The van der Waals surface area contributed by atoms with Crippen molar-refractivity contribution >= 4 is 11.2 Å². The molecule has 1 aliphatic carbocycles. The number of nitrogens with one attached hydrogen (secondary N) is 1. The van der Waals surface area contributed by atoms with E-state index in [1.54, 1.807) is 6.20 Å². The third-order valence-corrected chi connectivity index (χ3v) is 3.55. The van der Waals surface area contributed by atoms with Crippen LogP contribution in [-0.4, -0.2) is 19.9 Å². The van der Waals surface area contributed by atoms with Crippen LogP contribution in [0.5, 0.6) is 0 Å². The van der Waals surface area contributed by atoms with Crippen LogP contribution in [0.15, 0.2) is 42.9 Å². The van der Waals surface area contributed by atoms with Crippen molar-refractivity contribution in [3.63, 3.8) is 0 Å². The smallest absolute Gasteiger partial charge is 0.180 e. The number of hydrogen-bond acceptors (Lipinski definition) is 3. The summed E-state index contributed by atoms with van der Waals surface area (Å²) in [5.41, 5.74) is 3.08. The topological polar surface area (TPSA) is 54.5 Å². The predicted octanol–water partition coefficient (Wildman–Crippen LogP) is 2.62. The molecule has 1 N–H and O–H groups in total. The lowest BCUT2D eigenvalue weighted by molar-refractivity contribution is 0.936. The molecule has 0 amide bonds. The summed E-state index contributed by atoms with van der Waals surface area (Å²) in [6.45, 7) is 0. The summed E-state index contributed by atoms with van der Waals surface area (Å²) < 4.78 is 0. The second kappa shape index (κ2) is 3.63. The van der Waals surface area contributed by atoms with Crippen LogP contribution in [0.2, 0.25) is 0 Å². The molecule has 4 nitrogen and oxygen atoms in total. The van der Waals surface area contributed by atoms with Crippen molar-refractivity contribution in [2.24, 2.45) is 0 Å². The molecule has 0 radical (unpaired) electrons. The Morgan fingerprint density at radius 3 is 2.83 bits per heavy atom. The number of benzene rings is 1. The van der Waals surface area contributed by atoms with E-state index in [9.17, 15) is 0 Å². The van der Waals surface area contributed by atoms with Gasteiger partial charge in [-0.3, -0.25) is 0 Å². The Bertz CT molecular complexity index is 656. The minimum Gasteiger partial charge on any atom is -0.339 e. The van der Waals surface area contributed by atoms with E-state index in [1.165, 1.54) is 11.9 Å². The molecule has 0 aliphatic heterocycles. The van der Waals surface area contributed by atoms with E-state index < -0.39 is 0 Å². The second-order valence-electron chi connectivity index (χ2n) is 4.74. The molecule has 0 spiro atoms. The first kappa shape index (κ1) is 9.76. The Morgan fingerprint density at radius 2 is 2.00 bits per heavy atom. The van der Waals surface area contributed by atoms with Crippen LogP contribution in [0.4, 0.5) is 0 Å². The Kier molecular flexibility index (Phi) is 1.97. The number of aromatic nitrogens is 4. The molecule has 0 saturated heterocycles. The first-order valence-corrected chi connectivity index (χ1v) is 6.12. The fraction of sp³-hybridized carbons (Fsp3) is 0.214. The van der Waals surface area contributed by atoms with Gasteiger partial charge in [0, 0.05) is 5.92 Å². The molecule has 4 heteroatoms. The van der Waals surface area contributed by atoms with E-state index in [0.717, 1.165) is 23.4 Å². The summed E-state index contributed by atoms with van der Waals surface area (Å²) in [4.78, 5) is 16.0. The maximum absolute atomic E-state index is 4.54. The fourth-order valence-corrected chi connectivity index (χ4v) is 2.52. The zero-order valence-corrected chi connectivity index (χ0v) is 9.74. The van der Waals surface area contributed by atoms with Crippen molar-refractivity contribution in [3.8, 4) is 0 Å². The molecule has 1 fully saturated rings. The van der Waals surface area contributed by atoms with E-state index in [2.05, 4.69) is 50.3 Å². The summed E-state index contributed by atoms with van der Waals surface area (Å²) in [6.07, 6.45) is 4.48. The van der Waals surface area contributed by atoms with Gasteiger partial charge in [-0.25, -0.2) is 15.0 Å². The van der Waals surface area contributed by atoms with Gasteiger partial charge in [0.15, 0.2) is 5.65 Å². The molecule has 3 aromatic rings. The minimum atomic E-state index is 0.501. The van der Waals surface area contributed by atoms with Crippen LogP contribution in [0.3, 0.4) is 0 Å². The van der Waals surface area contributed by atoms with E-state index in [0.29, 0.717) is 11.8 Å². The number of hydrogen-bond donors (Lipinski definition) is 1. The van der Waals surface area contributed by atoms with E-state index in [4.69, 9.17) is 0 Å². The van der Waals surface area contributed by atoms with Gasteiger partial charge < -0.3 is 4.98 Å². The average molecular weight is 236 g/mol. The van der Waals surface area contributed by atoms with Crippen LogP contribution in [0.25, 0.3) is 11.2 Å². The van der Waals surface area contributed by atoms with Crippen LogP contribution < -0.4 is 0 Å². The third kappa shape index (κ3) is 1.49. The molecule has 1 aromatic carbocycles. The van der Waals surface area contributed by atoms with Gasteiger partial charge in [-0.05, 0) is 17.9 Å². The van der Waals surface area contributed by atoms with Crippen LogP contribution in [-0.2, 0) is 0 Å². The highest BCUT2D eigenvalue weighted by Crippen LogP contribution is 2.53. The largest absolute Gasteiger partial charge is 0.339 e. The summed E-state index contributed by atoms with van der Waals surface area (Å²) >= 11 is 0. The average Bonchev–Trinajstić information content (AvgIpc) is 3.12. The SMILES string of the molecule is c1ccc(C2CC2c2nc3ncncc3[nH]2)cc1. The predicted molar refractivity (Wildman–Crippen MR) is 68.2 cm³/mol. The Hall–Kier alpha value is -2.23. The van der Waals surface area contributed by atoms with Gasteiger partial charge in [-0.15, -0.1) is 0 Å². The zero-order chi connectivity index (χ0) is 11.9. The van der Waals surface area contributed by atoms with Crippen LogP contribution >= 0.6 is 0 Å². The van der Waals surface area contributed by atoms with Crippen LogP contribution in [0.1, 0.15) is 29.6 Å². The molecule has 1 saturated carbocycles. The van der Waals surface area contributed by atoms with Crippen molar-refractivity contribution in [2.45, 2.75) is 18.3 Å². The summed E-state index contributed by atoms with van der Waals surface area (Å²) in [6, 6.07) is 10.6. The number of imidazole rings is 1. The zero-order valence-electron chi connectivity index (χ0n) is 9.74. The molecule has 0 bridgehead atoms. The normalized spacial score (nSPS) is 22.2. The molecule has 88 valence electrons. The number of fused-ring (bicyclic) bond motifs is 1. The number of rotatable bonds is 2. The number of aromatic amines is 1. The maximum Gasteiger partial charge on any atom is 0.180 e. The highest BCUT2D eigenvalue weighted by atomic mass is 15.0. The summed E-state index contributed by atoms with van der Waals surface area (Å²) in [5, 5.41) is 0. The molecular weight excluding hydrogens is 224 g/mol. The highest BCUT2D eigenvalue weighted by molar-refractivity contribution is 5.69. The van der Waals surface area contributed by atoms with Gasteiger partial charge in [-0.1, -0.05) is 30.3 Å². The molecule has 1 aliphatic rings. The van der Waals surface area contributed by atoms with E-state index in [-0.39, 0.29) is 0 Å². The van der Waals surface area contributed by atoms with Crippen molar-refractivity contribution in [1.82, 2.24) is 19.9 Å². The lowest BCUT2D eigenvalue weighted by Crippen LogP contribution is -1.86. The monoisotopic (exact) mass is 236 g/mol. The van der Waals surface area contributed by atoms with Gasteiger partial charge in [0.1, 0.15) is 17.7 Å². The first-order chi connectivity index (χ1) is 8.92. The number of nitrogens with zero attached hydrogens (tertiary/aromatic N) is 3. The van der Waals surface area contributed by atoms with Crippen molar-refractivity contribution in [2.75, 3.05) is 0 Å². The summed E-state index contributed by atoms with van der Waals surface area (Å²) in [7, 11) is 0. The molecular formula is C14H12N4. The van der Waals surface area contributed by atoms with Gasteiger partial charge in [-0.2, -0.15) is 0 Å². The lowest BCUT2D eigenvalue weighted by Gasteiger charge is -1.97. The van der Waals surface area contributed by atoms with Gasteiger partial charge >= 0.3 is 0 Å². The Labute approximate surface area is 104 Å². The molecule has 4 rings (SSSR count). The van der Waals surface area contributed by atoms with Crippen LogP contribution in [0, 0.1) is 0 Å². The van der Waals surface area contributed by atoms with E-state index >= 15 is 0 Å². The fourth-order valence-electron chi connectivity index (χ4n) is 2.52. The molecule has 2 atom stereocenters. The highest BCUT2D eigenvalue weighted by Gasteiger charge is 2.41. The van der Waals surface area contributed by atoms with E-state index in [1.807, 2.05) is 0 Å². The molecule has 18 heavy (non-hydrogen) atoms.